The van der Waals surface area contributed by atoms with Crippen molar-refractivity contribution in [3.8, 4) is 11.5 Å². The van der Waals surface area contributed by atoms with E-state index >= 15 is 0 Å². The number of hydrogen-bond acceptors (Lipinski definition) is 4. The zero-order chi connectivity index (χ0) is 13.3. The lowest BCUT2D eigenvalue weighted by Crippen LogP contribution is -2.51. The summed E-state index contributed by atoms with van der Waals surface area (Å²) in [6, 6.07) is 5.93. The number of fused-ring (bicyclic) bond motifs is 1. The Hall–Kier alpha value is -1.75. The van der Waals surface area contributed by atoms with Crippen LogP contribution in [0.1, 0.15) is 25.3 Å². The molecule has 1 amide bonds. The molecular weight excluding hydrogens is 244 g/mol. The Labute approximate surface area is 112 Å². The molecule has 0 unspecified atom stereocenters. The lowest BCUT2D eigenvalue weighted by molar-refractivity contribution is -0.121. The van der Waals surface area contributed by atoms with Crippen LogP contribution in [-0.2, 0) is 10.3 Å². The van der Waals surface area contributed by atoms with Gasteiger partial charge in [0.1, 0.15) is 0 Å². The lowest BCUT2D eigenvalue weighted by atomic mass is 9.81. The molecule has 19 heavy (non-hydrogen) atoms. The number of ether oxygens (including phenoxy) is 2. The van der Waals surface area contributed by atoms with Crippen molar-refractivity contribution in [2.75, 3.05) is 19.9 Å². The molecule has 1 aromatic rings. The van der Waals surface area contributed by atoms with Crippen LogP contribution in [0.4, 0.5) is 0 Å². The van der Waals surface area contributed by atoms with E-state index in [1.807, 2.05) is 18.2 Å². The highest BCUT2D eigenvalue weighted by atomic mass is 16.7. The molecule has 2 heterocycles. The molecule has 2 N–H and O–H groups in total. The first-order chi connectivity index (χ1) is 9.20. The van der Waals surface area contributed by atoms with Gasteiger partial charge in [0, 0.05) is 6.92 Å². The van der Waals surface area contributed by atoms with Gasteiger partial charge in [-0.1, -0.05) is 6.07 Å². The number of carbonyl (C=O) groups excluding carboxylic acids is 1. The summed E-state index contributed by atoms with van der Waals surface area (Å²) in [5.41, 5.74) is 0.798. The summed E-state index contributed by atoms with van der Waals surface area (Å²) in [6.45, 7) is 3.63. The van der Waals surface area contributed by atoms with Crippen LogP contribution in [0.3, 0.4) is 0 Å². The van der Waals surface area contributed by atoms with Crippen molar-refractivity contribution in [1.82, 2.24) is 10.6 Å². The summed E-state index contributed by atoms with van der Waals surface area (Å²) in [7, 11) is 0. The van der Waals surface area contributed by atoms with Crippen LogP contribution < -0.4 is 20.1 Å². The molecule has 0 aliphatic carbocycles. The maximum absolute atomic E-state index is 11.5. The van der Waals surface area contributed by atoms with Crippen LogP contribution >= 0.6 is 0 Å². The fourth-order valence-electron chi connectivity index (χ4n) is 2.87. The predicted octanol–water partition coefficient (Wildman–Crippen LogP) is 1.13. The standard InChI is InChI=1S/C14H18N2O3/c1-10(17)16-14(4-6-15-7-5-14)11-2-3-12-13(8-11)19-9-18-12/h2-3,8,15H,4-7,9H2,1H3,(H,16,17). The molecular formula is C14H18N2O3. The third-order valence-corrected chi connectivity index (χ3v) is 3.80. The highest BCUT2D eigenvalue weighted by Gasteiger charge is 2.35. The van der Waals surface area contributed by atoms with Gasteiger partial charge in [-0.05, 0) is 43.6 Å². The Morgan fingerprint density at radius 2 is 2.00 bits per heavy atom. The lowest BCUT2D eigenvalue weighted by Gasteiger charge is -2.38. The van der Waals surface area contributed by atoms with Gasteiger partial charge in [-0.15, -0.1) is 0 Å². The Morgan fingerprint density at radius 1 is 1.26 bits per heavy atom. The van der Waals surface area contributed by atoms with Gasteiger partial charge in [-0.2, -0.15) is 0 Å². The average Bonchev–Trinajstić information content (AvgIpc) is 2.86. The van der Waals surface area contributed by atoms with Gasteiger partial charge in [-0.3, -0.25) is 4.79 Å². The SMILES string of the molecule is CC(=O)NC1(c2ccc3c(c2)OCO3)CCNCC1. The number of carbonyl (C=O) groups is 1. The second kappa shape index (κ2) is 4.74. The quantitative estimate of drug-likeness (QED) is 0.839. The van der Waals surface area contributed by atoms with Crippen LogP contribution in [0, 0.1) is 0 Å². The van der Waals surface area contributed by atoms with Crippen molar-refractivity contribution < 1.29 is 14.3 Å². The van der Waals surface area contributed by atoms with Crippen molar-refractivity contribution in [2.45, 2.75) is 25.3 Å². The molecule has 0 aromatic heterocycles. The zero-order valence-corrected chi connectivity index (χ0v) is 11.0. The molecule has 2 aliphatic heterocycles. The maximum Gasteiger partial charge on any atom is 0.231 e. The molecule has 0 spiro atoms. The van der Waals surface area contributed by atoms with Crippen LogP contribution in [0.5, 0.6) is 11.5 Å². The van der Waals surface area contributed by atoms with E-state index in [1.54, 1.807) is 6.92 Å². The fourth-order valence-corrected chi connectivity index (χ4v) is 2.87. The molecule has 0 radical (unpaired) electrons. The summed E-state index contributed by atoms with van der Waals surface area (Å²) in [4.78, 5) is 11.5. The number of hydrogen-bond donors (Lipinski definition) is 2. The molecule has 5 nitrogen and oxygen atoms in total. The molecule has 0 atom stereocenters. The van der Waals surface area contributed by atoms with E-state index in [1.165, 1.54) is 0 Å². The Balaban J connectivity index is 1.96. The first-order valence-corrected chi connectivity index (χ1v) is 6.59. The first kappa shape index (κ1) is 12.3. The summed E-state index contributed by atoms with van der Waals surface area (Å²) in [6.07, 6.45) is 1.76. The number of amides is 1. The van der Waals surface area contributed by atoms with Gasteiger partial charge in [0.2, 0.25) is 12.7 Å². The molecule has 1 aromatic carbocycles. The second-order valence-corrected chi connectivity index (χ2v) is 5.08. The monoisotopic (exact) mass is 262 g/mol. The molecule has 0 saturated carbocycles. The number of benzene rings is 1. The van der Waals surface area contributed by atoms with Gasteiger partial charge in [0.15, 0.2) is 11.5 Å². The Kier molecular flexibility index (Phi) is 3.06. The smallest absolute Gasteiger partial charge is 0.231 e. The molecule has 3 rings (SSSR count). The molecule has 5 heteroatoms. The second-order valence-electron chi connectivity index (χ2n) is 5.08. The minimum Gasteiger partial charge on any atom is -0.454 e. The van der Waals surface area contributed by atoms with Crippen LogP contribution in [0.15, 0.2) is 18.2 Å². The van der Waals surface area contributed by atoms with Gasteiger partial charge < -0.3 is 20.1 Å². The van der Waals surface area contributed by atoms with E-state index in [0.717, 1.165) is 43.0 Å². The molecule has 2 aliphatic rings. The molecule has 0 bridgehead atoms. The van der Waals surface area contributed by atoms with E-state index in [0.29, 0.717) is 0 Å². The highest BCUT2D eigenvalue weighted by Crippen LogP contribution is 2.38. The number of nitrogens with one attached hydrogen (secondary N) is 2. The minimum absolute atomic E-state index is 0.000401. The van der Waals surface area contributed by atoms with E-state index in [9.17, 15) is 4.79 Å². The Morgan fingerprint density at radius 3 is 2.74 bits per heavy atom. The fraction of sp³-hybridized carbons (Fsp3) is 0.500. The minimum atomic E-state index is -0.294. The largest absolute Gasteiger partial charge is 0.454 e. The van der Waals surface area contributed by atoms with Crippen LogP contribution in [0.25, 0.3) is 0 Å². The number of piperidine rings is 1. The Bertz CT molecular complexity index is 495. The highest BCUT2D eigenvalue weighted by molar-refractivity contribution is 5.74. The topological polar surface area (TPSA) is 59.6 Å². The first-order valence-electron chi connectivity index (χ1n) is 6.59. The van der Waals surface area contributed by atoms with Crippen molar-refractivity contribution in [3.63, 3.8) is 0 Å². The third kappa shape index (κ3) is 2.26. The molecule has 1 saturated heterocycles. The van der Waals surface area contributed by atoms with Gasteiger partial charge in [0.05, 0.1) is 5.54 Å². The zero-order valence-electron chi connectivity index (χ0n) is 11.0. The summed E-state index contributed by atoms with van der Waals surface area (Å²) in [5.74, 6) is 1.54. The van der Waals surface area contributed by atoms with Crippen molar-refractivity contribution in [1.29, 1.82) is 0 Å². The third-order valence-electron chi connectivity index (χ3n) is 3.80. The van der Waals surface area contributed by atoms with E-state index in [2.05, 4.69) is 10.6 Å². The van der Waals surface area contributed by atoms with Crippen LogP contribution in [0.2, 0.25) is 0 Å². The predicted molar refractivity (Wildman–Crippen MR) is 70.2 cm³/mol. The summed E-state index contributed by atoms with van der Waals surface area (Å²) in [5, 5.41) is 6.45. The molecule has 102 valence electrons. The van der Waals surface area contributed by atoms with Crippen molar-refractivity contribution in [2.24, 2.45) is 0 Å². The maximum atomic E-state index is 11.5. The normalized spacial score (nSPS) is 20.1. The average molecular weight is 262 g/mol. The van der Waals surface area contributed by atoms with Gasteiger partial charge in [-0.25, -0.2) is 0 Å². The van der Waals surface area contributed by atoms with Crippen LogP contribution in [-0.4, -0.2) is 25.8 Å². The number of rotatable bonds is 2. The van der Waals surface area contributed by atoms with Crippen molar-refractivity contribution in [3.05, 3.63) is 23.8 Å². The van der Waals surface area contributed by atoms with E-state index in [-0.39, 0.29) is 18.2 Å². The summed E-state index contributed by atoms with van der Waals surface area (Å²) >= 11 is 0. The molecule has 1 fully saturated rings. The van der Waals surface area contributed by atoms with Gasteiger partial charge in [0.25, 0.3) is 0 Å². The van der Waals surface area contributed by atoms with Gasteiger partial charge >= 0.3 is 0 Å². The summed E-state index contributed by atoms with van der Waals surface area (Å²) < 4.78 is 10.8. The van der Waals surface area contributed by atoms with E-state index < -0.39 is 0 Å². The van der Waals surface area contributed by atoms with Crippen molar-refractivity contribution >= 4 is 5.91 Å². The van der Waals surface area contributed by atoms with E-state index in [4.69, 9.17) is 9.47 Å².